The molecule has 1 N–H and O–H groups in total. The Kier molecular flexibility index (Phi) is 5.06. The lowest BCUT2D eigenvalue weighted by atomic mass is 10.0. The van der Waals surface area contributed by atoms with Crippen molar-refractivity contribution in [2.75, 3.05) is 23.3 Å². The summed E-state index contributed by atoms with van der Waals surface area (Å²) in [4.78, 5) is 18.6. The number of aromatic nitrogens is 1. The molecule has 1 saturated heterocycles. The van der Waals surface area contributed by atoms with E-state index in [1.807, 2.05) is 18.2 Å². The van der Waals surface area contributed by atoms with Crippen LogP contribution in [-0.2, 0) is 4.79 Å². The lowest BCUT2D eigenvalue weighted by Crippen LogP contribution is -2.24. The fourth-order valence-electron chi connectivity index (χ4n) is 3.64. The molecule has 1 amide bonds. The van der Waals surface area contributed by atoms with Crippen molar-refractivity contribution in [1.29, 1.82) is 5.26 Å². The quantitative estimate of drug-likeness (QED) is 0.880. The van der Waals surface area contributed by atoms with Crippen molar-refractivity contribution in [3.8, 4) is 17.2 Å². The third kappa shape index (κ3) is 4.11. The Morgan fingerprint density at radius 3 is 2.52 bits per heavy atom. The van der Waals surface area contributed by atoms with Gasteiger partial charge in [0.15, 0.2) is 0 Å². The highest BCUT2D eigenvalue weighted by molar-refractivity contribution is 5.93. The van der Waals surface area contributed by atoms with Gasteiger partial charge in [-0.1, -0.05) is 18.9 Å². The zero-order chi connectivity index (χ0) is 18.6. The van der Waals surface area contributed by atoms with Crippen molar-refractivity contribution in [3.63, 3.8) is 0 Å². The normalized spacial score (nSPS) is 17.1. The standard InChI is InChI=1S/C22H24N4O/c23-15-19-13-17(7-8-20(19)26-11-3-1-2-4-12-26)18-9-10-24-21(14-18)25-22(27)16-5-6-16/h7-10,13-14,16H,1-6,11-12H2,(H,24,25,27). The van der Waals surface area contributed by atoms with Gasteiger partial charge in [0, 0.05) is 25.2 Å². The fraction of sp³-hybridized carbons (Fsp3) is 0.409. The monoisotopic (exact) mass is 360 g/mol. The van der Waals surface area contributed by atoms with Gasteiger partial charge in [-0.05, 0) is 61.1 Å². The number of pyridine rings is 1. The Labute approximate surface area is 160 Å². The SMILES string of the molecule is N#Cc1cc(-c2ccnc(NC(=O)C3CC3)c2)ccc1N1CCCCCC1. The van der Waals surface area contributed by atoms with Crippen molar-refractivity contribution in [2.24, 2.45) is 5.92 Å². The van der Waals surface area contributed by atoms with Crippen LogP contribution >= 0.6 is 0 Å². The number of nitrogens with zero attached hydrogens (tertiary/aromatic N) is 3. The van der Waals surface area contributed by atoms with E-state index in [1.54, 1.807) is 6.20 Å². The molecule has 0 spiro atoms. The minimum Gasteiger partial charge on any atom is -0.370 e. The maximum atomic E-state index is 12.0. The highest BCUT2D eigenvalue weighted by atomic mass is 16.2. The third-order valence-electron chi connectivity index (χ3n) is 5.36. The number of nitriles is 1. The first-order valence-electron chi connectivity index (χ1n) is 9.81. The van der Waals surface area contributed by atoms with Gasteiger partial charge in [-0.25, -0.2) is 4.98 Å². The second kappa shape index (κ2) is 7.79. The van der Waals surface area contributed by atoms with Crippen molar-refractivity contribution >= 4 is 17.4 Å². The van der Waals surface area contributed by atoms with Gasteiger partial charge in [-0.3, -0.25) is 4.79 Å². The molecular weight excluding hydrogens is 336 g/mol. The van der Waals surface area contributed by atoms with Gasteiger partial charge in [0.05, 0.1) is 11.3 Å². The summed E-state index contributed by atoms with van der Waals surface area (Å²) in [5.74, 6) is 0.766. The Bertz CT molecular complexity index is 874. The number of carbonyl (C=O) groups excluding carboxylic acids is 1. The third-order valence-corrected chi connectivity index (χ3v) is 5.36. The predicted octanol–water partition coefficient (Wildman–Crippen LogP) is 4.35. The van der Waals surface area contributed by atoms with Crippen LogP contribution in [0.1, 0.15) is 44.1 Å². The van der Waals surface area contributed by atoms with E-state index in [1.165, 1.54) is 25.7 Å². The molecule has 2 fully saturated rings. The number of hydrogen-bond donors (Lipinski definition) is 1. The molecule has 5 nitrogen and oxygen atoms in total. The average Bonchev–Trinajstić information content (AvgIpc) is 3.54. The maximum Gasteiger partial charge on any atom is 0.228 e. The molecule has 2 aromatic rings. The summed E-state index contributed by atoms with van der Waals surface area (Å²) < 4.78 is 0. The first-order valence-corrected chi connectivity index (χ1v) is 9.81. The van der Waals surface area contributed by atoms with Crippen LogP contribution in [0.15, 0.2) is 36.5 Å². The smallest absolute Gasteiger partial charge is 0.228 e. The van der Waals surface area contributed by atoms with Gasteiger partial charge in [0.2, 0.25) is 5.91 Å². The lowest BCUT2D eigenvalue weighted by Gasteiger charge is -2.24. The first kappa shape index (κ1) is 17.5. The molecule has 1 saturated carbocycles. The number of anilines is 2. The zero-order valence-electron chi connectivity index (χ0n) is 15.4. The molecule has 0 bridgehead atoms. The molecule has 1 aliphatic heterocycles. The van der Waals surface area contributed by atoms with Crippen LogP contribution in [0.4, 0.5) is 11.5 Å². The fourth-order valence-corrected chi connectivity index (χ4v) is 3.64. The molecule has 0 unspecified atom stereocenters. The summed E-state index contributed by atoms with van der Waals surface area (Å²) in [6.45, 7) is 2.03. The number of amides is 1. The Morgan fingerprint density at radius 2 is 1.81 bits per heavy atom. The van der Waals surface area contributed by atoms with E-state index in [9.17, 15) is 10.1 Å². The number of benzene rings is 1. The van der Waals surface area contributed by atoms with Crippen molar-refractivity contribution in [1.82, 2.24) is 4.98 Å². The Balaban J connectivity index is 1.58. The maximum absolute atomic E-state index is 12.0. The minimum atomic E-state index is 0.0499. The van der Waals surface area contributed by atoms with Gasteiger partial charge >= 0.3 is 0 Å². The van der Waals surface area contributed by atoms with Crippen LogP contribution in [0, 0.1) is 17.2 Å². The first-order chi connectivity index (χ1) is 13.2. The predicted molar refractivity (Wildman–Crippen MR) is 106 cm³/mol. The van der Waals surface area contributed by atoms with Crippen molar-refractivity contribution in [3.05, 3.63) is 42.1 Å². The van der Waals surface area contributed by atoms with Crippen molar-refractivity contribution in [2.45, 2.75) is 38.5 Å². The Morgan fingerprint density at radius 1 is 1.07 bits per heavy atom. The zero-order valence-corrected chi connectivity index (χ0v) is 15.4. The van der Waals surface area contributed by atoms with Crippen LogP contribution in [0.5, 0.6) is 0 Å². The molecule has 2 aliphatic rings. The lowest BCUT2D eigenvalue weighted by molar-refractivity contribution is -0.117. The second-order valence-corrected chi connectivity index (χ2v) is 7.44. The summed E-state index contributed by atoms with van der Waals surface area (Å²) in [5, 5.41) is 12.6. The molecule has 1 aromatic carbocycles. The minimum absolute atomic E-state index is 0.0499. The molecular formula is C22H24N4O. The van der Waals surface area contributed by atoms with E-state index in [0.717, 1.165) is 42.7 Å². The molecule has 0 atom stereocenters. The van der Waals surface area contributed by atoms with E-state index in [2.05, 4.69) is 33.4 Å². The molecule has 5 heteroatoms. The van der Waals surface area contributed by atoms with Gasteiger partial charge in [0.1, 0.15) is 11.9 Å². The van der Waals surface area contributed by atoms with Gasteiger partial charge < -0.3 is 10.2 Å². The van der Waals surface area contributed by atoms with Gasteiger partial charge in [-0.2, -0.15) is 5.26 Å². The van der Waals surface area contributed by atoms with E-state index in [0.29, 0.717) is 11.4 Å². The average molecular weight is 360 g/mol. The molecule has 2 heterocycles. The van der Waals surface area contributed by atoms with Crippen LogP contribution in [-0.4, -0.2) is 24.0 Å². The van der Waals surface area contributed by atoms with E-state index in [-0.39, 0.29) is 11.8 Å². The van der Waals surface area contributed by atoms with Crippen LogP contribution in [0.2, 0.25) is 0 Å². The molecule has 1 aromatic heterocycles. The van der Waals surface area contributed by atoms with Crippen molar-refractivity contribution < 1.29 is 4.79 Å². The van der Waals surface area contributed by atoms with Gasteiger partial charge in [0.25, 0.3) is 0 Å². The van der Waals surface area contributed by atoms with E-state index in [4.69, 9.17) is 0 Å². The molecule has 138 valence electrons. The molecule has 4 rings (SSSR count). The summed E-state index contributed by atoms with van der Waals surface area (Å²) in [7, 11) is 0. The summed E-state index contributed by atoms with van der Waals surface area (Å²) >= 11 is 0. The molecule has 1 aliphatic carbocycles. The molecule has 0 radical (unpaired) electrons. The van der Waals surface area contributed by atoms with E-state index >= 15 is 0 Å². The van der Waals surface area contributed by atoms with E-state index < -0.39 is 0 Å². The molecule has 27 heavy (non-hydrogen) atoms. The summed E-state index contributed by atoms with van der Waals surface area (Å²) in [5.41, 5.74) is 3.65. The number of carbonyl (C=O) groups is 1. The summed E-state index contributed by atoms with van der Waals surface area (Å²) in [6.07, 6.45) is 8.53. The van der Waals surface area contributed by atoms with Gasteiger partial charge in [-0.15, -0.1) is 0 Å². The van der Waals surface area contributed by atoms with Crippen LogP contribution in [0.25, 0.3) is 11.1 Å². The highest BCUT2D eigenvalue weighted by Crippen LogP contribution is 2.31. The topological polar surface area (TPSA) is 69.0 Å². The van der Waals surface area contributed by atoms with Crippen LogP contribution < -0.4 is 10.2 Å². The largest absolute Gasteiger partial charge is 0.370 e. The Hall–Kier alpha value is -2.87. The highest BCUT2D eigenvalue weighted by Gasteiger charge is 2.29. The van der Waals surface area contributed by atoms with Crippen LogP contribution in [0.3, 0.4) is 0 Å². The second-order valence-electron chi connectivity index (χ2n) is 7.44. The number of hydrogen-bond acceptors (Lipinski definition) is 4. The number of nitrogens with one attached hydrogen (secondary N) is 1. The number of rotatable bonds is 4. The summed E-state index contributed by atoms with van der Waals surface area (Å²) in [6, 6.07) is 12.2.